The van der Waals surface area contributed by atoms with Gasteiger partial charge in [-0.15, -0.1) is 0 Å². The average molecular weight is 166 g/mol. The standard InChI is InChI=1S/C7H13NO3.Li/c9-7(10)1-2-8-3-5-11-6-4-8;/h1-6H2,(H,9,10);. The summed E-state index contributed by atoms with van der Waals surface area (Å²) < 4.78 is 5.12. The van der Waals surface area contributed by atoms with Crippen molar-refractivity contribution in [1.29, 1.82) is 0 Å². The Bertz CT molecular complexity index is 137. The Hall–Kier alpha value is -0.0126. The van der Waals surface area contributed by atoms with Gasteiger partial charge in [0.25, 0.3) is 0 Å². The Morgan fingerprint density at radius 2 is 2.00 bits per heavy atom. The van der Waals surface area contributed by atoms with Gasteiger partial charge < -0.3 is 9.84 Å². The monoisotopic (exact) mass is 166 g/mol. The molecule has 0 spiro atoms. The van der Waals surface area contributed by atoms with Crippen LogP contribution < -0.4 is 0 Å². The first-order valence-electron chi connectivity index (χ1n) is 3.81. The van der Waals surface area contributed by atoms with Gasteiger partial charge >= 0.3 is 5.97 Å². The molecule has 4 nitrogen and oxygen atoms in total. The molecule has 0 atom stereocenters. The van der Waals surface area contributed by atoms with Crippen LogP contribution in [0.5, 0.6) is 0 Å². The molecule has 12 heavy (non-hydrogen) atoms. The Kier molecular flexibility index (Phi) is 6.49. The van der Waals surface area contributed by atoms with E-state index in [0.717, 1.165) is 26.3 Å². The molecule has 0 bridgehead atoms. The number of hydrogen-bond acceptors (Lipinski definition) is 3. The van der Waals surface area contributed by atoms with Crippen LogP contribution in [0.4, 0.5) is 0 Å². The van der Waals surface area contributed by atoms with E-state index in [1.54, 1.807) is 0 Å². The van der Waals surface area contributed by atoms with Gasteiger partial charge in [0.15, 0.2) is 0 Å². The van der Waals surface area contributed by atoms with Gasteiger partial charge in [0.1, 0.15) is 0 Å². The molecule has 0 aromatic rings. The van der Waals surface area contributed by atoms with Crippen molar-refractivity contribution in [1.82, 2.24) is 4.90 Å². The number of rotatable bonds is 3. The first-order valence-corrected chi connectivity index (χ1v) is 3.81. The maximum Gasteiger partial charge on any atom is 0.304 e. The molecular weight excluding hydrogens is 153 g/mol. The summed E-state index contributed by atoms with van der Waals surface area (Å²) in [4.78, 5) is 12.3. The largest absolute Gasteiger partial charge is 0.481 e. The number of ether oxygens (including phenoxy) is 1. The van der Waals surface area contributed by atoms with Crippen LogP contribution >= 0.6 is 0 Å². The molecule has 1 heterocycles. The number of carboxylic acid groups (broad SMARTS) is 1. The molecule has 65 valence electrons. The number of carboxylic acids is 1. The second kappa shape index (κ2) is 6.50. The van der Waals surface area contributed by atoms with Crippen LogP contribution in [0, 0.1) is 0 Å². The van der Waals surface area contributed by atoms with E-state index >= 15 is 0 Å². The van der Waals surface area contributed by atoms with Crippen molar-refractivity contribution < 1.29 is 14.6 Å². The minimum Gasteiger partial charge on any atom is -0.481 e. The minimum absolute atomic E-state index is 0. The molecule has 1 saturated heterocycles. The van der Waals surface area contributed by atoms with Gasteiger partial charge in [-0.2, -0.15) is 0 Å². The first kappa shape index (κ1) is 12.0. The quantitative estimate of drug-likeness (QED) is 0.569. The number of morpholine rings is 1. The molecule has 5 heteroatoms. The van der Waals surface area contributed by atoms with E-state index in [-0.39, 0.29) is 25.3 Å². The fraction of sp³-hybridized carbons (Fsp3) is 0.857. The van der Waals surface area contributed by atoms with Crippen LogP contribution in [0.15, 0.2) is 0 Å². The Morgan fingerprint density at radius 3 is 2.50 bits per heavy atom. The molecule has 1 rings (SSSR count). The molecule has 1 radical (unpaired) electrons. The summed E-state index contributed by atoms with van der Waals surface area (Å²) in [6.45, 7) is 3.86. The van der Waals surface area contributed by atoms with Crippen LogP contribution in [0.2, 0.25) is 0 Å². The Morgan fingerprint density at radius 1 is 1.42 bits per heavy atom. The van der Waals surface area contributed by atoms with Gasteiger partial charge in [0.05, 0.1) is 19.6 Å². The zero-order chi connectivity index (χ0) is 8.10. The zero-order valence-electron chi connectivity index (χ0n) is 7.45. The molecule has 1 fully saturated rings. The Balaban J connectivity index is 0.00000121. The second-order valence-electron chi connectivity index (χ2n) is 2.60. The van der Waals surface area contributed by atoms with E-state index in [0.29, 0.717) is 6.54 Å². The van der Waals surface area contributed by atoms with Crippen molar-refractivity contribution in [2.45, 2.75) is 6.42 Å². The van der Waals surface area contributed by atoms with Gasteiger partial charge in [0.2, 0.25) is 0 Å². The normalized spacial score (nSPS) is 18.3. The maximum atomic E-state index is 10.2. The molecule has 0 amide bonds. The van der Waals surface area contributed by atoms with E-state index < -0.39 is 5.97 Å². The molecule has 0 aliphatic carbocycles. The van der Waals surface area contributed by atoms with Crippen molar-refractivity contribution in [2.24, 2.45) is 0 Å². The Labute approximate surface area is 84.0 Å². The van der Waals surface area contributed by atoms with Crippen molar-refractivity contribution in [3.05, 3.63) is 0 Å². The minimum atomic E-state index is -0.725. The smallest absolute Gasteiger partial charge is 0.304 e. The first-order chi connectivity index (χ1) is 5.29. The third kappa shape index (κ3) is 4.78. The predicted octanol–water partition coefficient (Wildman–Crippen LogP) is -0.588. The number of hydrogen-bond donors (Lipinski definition) is 1. The summed E-state index contributed by atoms with van der Waals surface area (Å²) in [6.07, 6.45) is 0.236. The summed E-state index contributed by atoms with van der Waals surface area (Å²) in [5.74, 6) is -0.725. The SMILES string of the molecule is O=C(O)CCN1CCOCC1.[Li]. The van der Waals surface area contributed by atoms with Gasteiger partial charge in [-0.05, 0) is 0 Å². The average Bonchev–Trinajstić information content (AvgIpc) is 2.03. The maximum absolute atomic E-state index is 10.2. The van der Waals surface area contributed by atoms with Crippen LogP contribution in [-0.4, -0.2) is 67.7 Å². The van der Waals surface area contributed by atoms with Crippen molar-refractivity contribution >= 4 is 24.8 Å². The number of aliphatic carboxylic acids is 1. The predicted molar refractivity (Wildman–Crippen MR) is 45.3 cm³/mol. The summed E-state index contributed by atoms with van der Waals surface area (Å²) >= 11 is 0. The molecule has 0 saturated carbocycles. The fourth-order valence-corrected chi connectivity index (χ4v) is 1.08. The van der Waals surface area contributed by atoms with Gasteiger partial charge in [-0.1, -0.05) is 0 Å². The summed E-state index contributed by atoms with van der Waals surface area (Å²) in [5, 5.41) is 8.39. The van der Waals surface area contributed by atoms with Gasteiger partial charge in [0, 0.05) is 38.5 Å². The number of nitrogens with zero attached hydrogens (tertiary/aromatic N) is 1. The van der Waals surface area contributed by atoms with E-state index in [1.165, 1.54) is 0 Å². The number of carbonyl (C=O) groups is 1. The molecule has 0 aromatic carbocycles. The van der Waals surface area contributed by atoms with Gasteiger partial charge in [-0.3, -0.25) is 9.69 Å². The third-order valence-electron chi connectivity index (χ3n) is 1.75. The third-order valence-corrected chi connectivity index (χ3v) is 1.75. The molecule has 1 aliphatic rings. The van der Waals surface area contributed by atoms with Crippen LogP contribution in [0.25, 0.3) is 0 Å². The van der Waals surface area contributed by atoms with Crippen LogP contribution in [-0.2, 0) is 9.53 Å². The van der Waals surface area contributed by atoms with Crippen LogP contribution in [0.3, 0.4) is 0 Å². The van der Waals surface area contributed by atoms with E-state index in [2.05, 4.69) is 4.90 Å². The van der Waals surface area contributed by atoms with Crippen molar-refractivity contribution in [3.63, 3.8) is 0 Å². The molecule has 1 N–H and O–H groups in total. The van der Waals surface area contributed by atoms with Crippen molar-refractivity contribution in [3.8, 4) is 0 Å². The van der Waals surface area contributed by atoms with Crippen LogP contribution in [0.1, 0.15) is 6.42 Å². The van der Waals surface area contributed by atoms with E-state index in [9.17, 15) is 4.79 Å². The fourth-order valence-electron chi connectivity index (χ4n) is 1.08. The topological polar surface area (TPSA) is 49.8 Å². The molecular formula is C7H13LiNO3. The summed E-state index contributed by atoms with van der Waals surface area (Å²) in [6, 6.07) is 0. The van der Waals surface area contributed by atoms with E-state index in [1.807, 2.05) is 0 Å². The zero-order valence-corrected chi connectivity index (χ0v) is 7.45. The summed E-state index contributed by atoms with van der Waals surface area (Å²) in [7, 11) is 0. The summed E-state index contributed by atoms with van der Waals surface area (Å²) in [5.41, 5.74) is 0. The molecule has 0 aromatic heterocycles. The van der Waals surface area contributed by atoms with Crippen molar-refractivity contribution in [2.75, 3.05) is 32.8 Å². The second-order valence-corrected chi connectivity index (χ2v) is 2.60. The molecule has 1 aliphatic heterocycles. The van der Waals surface area contributed by atoms with E-state index in [4.69, 9.17) is 9.84 Å². The molecule has 0 unspecified atom stereocenters. The van der Waals surface area contributed by atoms with Gasteiger partial charge in [-0.25, -0.2) is 0 Å².